The van der Waals surface area contributed by atoms with E-state index >= 15 is 0 Å². The van der Waals surface area contributed by atoms with Crippen LogP contribution < -0.4 is 15.8 Å². The number of rotatable bonds is 6. The molecule has 0 amide bonds. The van der Waals surface area contributed by atoms with Gasteiger partial charge in [0.15, 0.2) is 6.10 Å². The number of pyridine rings is 2. The fourth-order valence-electron chi connectivity index (χ4n) is 4.89. The molecule has 2 aromatic carbocycles. The van der Waals surface area contributed by atoms with Gasteiger partial charge >= 0.3 is 5.97 Å². The molecule has 4 heterocycles. The monoisotopic (exact) mass is 510 g/mol. The van der Waals surface area contributed by atoms with Gasteiger partial charge in [-0.2, -0.15) is 0 Å². The first kappa shape index (κ1) is 23.7. The van der Waals surface area contributed by atoms with Crippen LogP contribution in [0.15, 0.2) is 71.7 Å². The highest BCUT2D eigenvalue weighted by molar-refractivity contribution is 5.99. The van der Waals surface area contributed by atoms with Crippen LogP contribution in [0.2, 0.25) is 0 Å². The van der Waals surface area contributed by atoms with E-state index in [9.17, 15) is 14.7 Å². The predicted molar refractivity (Wildman–Crippen MR) is 146 cm³/mol. The van der Waals surface area contributed by atoms with E-state index < -0.39 is 12.1 Å². The number of aliphatic carboxylic acids is 1. The van der Waals surface area contributed by atoms with E-state index in [2.05, 4.69) is 20.3 Å². The number of nitrogens with zero attached hydrogens (tertiary/aromatic N) is 3. The molecule has 6 rings (SSSR count). The highest BCUT2D eigenvalue weighted by Crippen LogP contribution is 2.34. The Balaban J connectivity index is 1.43. The number of imidazole rings is 1. The maximum Gasteiger partial charge on any atom is 0.334 e. The lowest BCUT2D eigenvalue weighted by atomic mass is 10.1. The zero-order valence-electron chi connectivity index (χ0n) is 20.6. The molecule has 38 heavy (non-hydrogen) atoms. The minimum atomic E-state index is -0.977. The van der Waals surface area contributed by atoms with Crippen molar-refractivity contribution in [3.63, 3.8) is 0 Å². The second kappa shape index (κ2) is 9.64. The van der Waals surface area contributed by atoms with E-state index in [1.807, 2.05) is 72.5 Å². The van der Waals surface area contributed by atoms with Crippen molar-refractivity contribution in [1.29, 1.82) is 0 Å². The molecule has 0 radical (unpaired) electrons. The van der Waals surface area contributed by atoms with Crippen molar-refractivity contribution >= 4 is 39.3 Å². The number of aromatic nitrogens is 4. The number of ether oxygens (including phenoxy) is 1. The quantitative estimate of drug-likeness (QED) is 0.270. The third kappa shape index (κ3) is 4.35. The van der Waals surface area contributed by atoms with Gasteiger partial charge in [-0.25, -0.2) is 9.78 Å². The van der Waals surface area contributed by atoms with E-state index in [1.54, 1.807) is 6.20 Å². The zero-order chi connectivity index (χ0) is 26.2. The summed E-state index contributed by atoms with van der Waals surface area (Å²) < 4.78 is 5.35. The van der Waals surface area contributed by atoms with Crippen LogP contribution in [0, 0.1) is 0 Å². The molecule has 0 unspecified atom stereocenters. The van der Waals surface area contributed by atoms with E-state index in [1.165, 1.54) is 0 Å². The van der Waals surface area contributed by atoms with Crippen LogP contribution in [-0.2, 0) is 9.53 Å². The van der Waals surface area contributed by atoms with Crippen LogP contribution >= 0.6 is 0 Å². The van der Waals surface area contributed by atoms with Crippen LogP contribution in [0.1, 0.15) is 18.7 Å². The number of nitrogens with one attached hydrogen (secondary N) is 3. The summed E-state index contributed by atoms with van der Waals surface area (Å²) in [4.78, 5) is 42.3. The Morgan fingerprint density at radius 3 is 2.79 bits per heavy atom. The van der Waals surface area contributed by atoms with E-state index in [0.29, 0.717) is 35.7 Å². The van der Waals surface area contributed by atoms with Crippen molar-refractivity contribution in [2.45, 2.75) is 19.1 Å². The molecule has 1 aliphatic rings. The van der Waals surface area contributed by atoms with Gasteiger partial charge in [0, 0.05) is 23.8 Å². The Hall–Kier alpha value is -4.70. The van der Waals surface area contributed by atoms with Gasteiger partial charge < -0.3 is 30.0 Å². The average molecular weight is 511 g/mol. The van der Waals surface area contributed by atoms with Crippen LogP contribution in [0.4, 0.5) is 11.4 Å². The summed E-state index contributed by atoms with van der Waals surface area (Å²) >= 11 is 0. The lowest BCUT2D eigenvalue weighted by Gasteiger charge is -2.32. The second-order valence-corrected chi connectivity index (χ2v) is 9.30. The van der Waals surface area contributed by atoms with Crippen molar-refractivity contribution in [1.82, 2.24) is 19.9 Å². The number of morpholine rings is 1. The zero-order valence-corrected chi connectivity index (χ0v) is 20.6. The molecule has 0 bridgehead atoms. The fraction of sp³-hybridized carbons (Fsp3) is 0.214. The molecule has 0 aliphatic carbocycles. The minimum Gasteiger partial charge on any atom is -0.479 e. The summed E-state index contributed by atoms with van der Waals surface area (Å²) in [6.07, 6.45) is 0.872. The summed E-state index contributed by atoms with van der Waals surface area (Å²) in [6, 6.07) is 18.9. The van der Waals surface area contributed by atoms with Gasteiger partial charge in [0.1, 0.15) is 11.4 Å². The Bertz CT molecular complexity index is 1700. The molecule has 3 aromatic heterocycles. The fourth-order valence-corrected chi connectivity index (χ4v) is 4.89. The molecule has 1 saturated heterocycles. The number of hydrogen-bond acceptors (Lipinski definition) is 7. The van der Waals surface area contributed by atoms with E-state index in [0.717, 1.165) is 27.8 Å². The number of benzene rings is 2. The van der Waals surface area contributed by atoms with E-state index in [4.69, 9.17) is 9.72 Å². The van der Waals surface area contributed by atoms with Gasteiger partial charge in [0.05, 0.1) is 47.1 Å². The highest BCUT2D eigenvalue weighted by atomic mass is 16.5. The van der Waals surface area contributed by atoms with Crippen LogP contribution in [0.5, 0.6) is 0 Å². The number of carboxylic acid groups (broad SMARTS) is 1. The SMILES string of the molecule is C[C@H](Nc1c(-c2nc3ccc(N4CCO[C@@H](C(=O)O)C4)cc3[nH]2)c(=O)[nH]c2ccccc12)c1ccccn1. The van der Waals surface area contributed by atoms with Gasteiger partial charge in [-0.1, -0.05) is 24.3 Å². The minimum absolute atomic E-state index is 0.167. The first-order valence-corrected chi connectivity index (χ1v) is 12.4. The van der Waals surface area contributed by atoms with Crippen LogP contribution in [0.3, 0.4) is 0 Å². The molecule has 1 aliphatic heterocycles. The smallest absolute Gasteiger partial charge is 0.334 e. The van der Waals surface area contributed by atoms with Crippen molar-refractivity contribution in [3.8, 4) is 11.4 Å². The van der Waals surface area contributed by atoms with Gasteiger partial charge in [-0.05, 0) is 43.3 Å². The number of fused-ring (bicyclic) bond motifs is 2. The topological polar surface area (TPSA) is 136 Å². The van der Waals surface area contributed by atoms with Crippen molar-refractivity contribution in [3.05, 3.63) is 82.9 Å². The Kier molecular flexibility index (Phi) is 6.01. The van der Waals surface area contributed by atoms with Crippen LogP contribution in [-0.4, -0.2) is 56.8 Å². The number of para-hydroxylation sites is 1. The Morgan fingerprint density at radius 1 is 1.13 bits per heavy atom. The summed E-state index contributed by atoms with van der Waals surface area (Å²) in [5, 5.41) is 13.7. The Morgan fingerprint density at radius 2 is 1.97 bits per heavy atom. The van der Waals surface area contributed by atoms with Gasteiger partial charge in [-0.3, -0.25) is 9.78 Å². The molecular weight excluding hydrogens is 484 g/mol. The second-order valence-electron chi connectivity index (χ2n) is 9.30. The van der Waals surface area contributed by atoms with Crippen molar-refractivity contribution < 1.29 is 14.6 Å². The number of hydrogen-bond donors (Lipinski definition) is 4. The van der Waals surface area contributed by atoms with Gasteiger partial charge in [0.2, 0.25) is 0 Å². The highest BCUT2D eigenvalue weighted by Gasteiger charge is 2.27. The maximum atomic E-state index is 13.4. The molecule has 2 atom stereocenters. The van der Waals surface area contributed by atoms with Crippen molar-refractivity contribution in [2.24, 2.45) is 0 Å². The third-order valence-electron chi connectivity index (χ3n) is 6.82. The maximum absolute atomic E-state index is 13.4. The molecule has 10 heteroatoms. The van der Waals surface area contributed by atoms with E-state index in [-0.39, 0.29) is 18.1 Å². The molecule has 1 fully saturated rings. The summed E-state index contributed by atoms with van der Waals surface area (Å²) in [5.41, 5.74) is 4.67. The number of aromatic amines is 2. The van der Waals surface area contributed by atoms with Crippen LogP contribution in [0.25, 0.3) is 33.3 Å². The molecular formula is C28H26N6O4. The van der Waals surface area contributed by atoms with Crippen molar-refractivity contribution in [2.75, 3.05) is 29.9 Å². The average Bonchev–Trinajstić information content (AvgIpc) is 3.36. The number of anilines is 2. The lowest BCUT2D eigenvalue weighted by Crippen LogP contribution is -2.46. The summed E-state index contributed by atoms with van der Waals surface area (Å²) in [6.45, 7) is 3.17. The normalized spacial score (nSPS) is 16.6. The predicted octanol–water partition coefficient (Wildman–Crippen LogP) is 3.93. The standard InChI is InChI=1S/C28H26N6O4/c1-16(19-7-4-5-11-29-19)30-25-18-6-2-3-8-20(18)33-27(35)24(25)26-31-21-10-9-17(14-22(21)32-26)34-12-13-38-23(15-34)28(36)37/h2-11,14,16,23H,12-13,15H2,1H3,(H,31,32)(H,36,37)(H2,30,33,35)/t16-,23+/m0/s1. The number of carboxylic acids is 1. The molecule has 192 valence electrons. The van der Waals surface area contributed by atoms with Gasteiger partial charge in [0.25, 0.3) is 5.56 Å². The number of carbonyl (C=O) groups is 1. The molecule has 4 N–H and O–H groups in total. The third-order valence-corrected chi connectivity index (χ3v) is 6.82. The molecule has 5 aromatic rings. The molecule has 0 saturated carbocycles. The largest absolute Gasteiger partial charge is 0.479 e. The number of H-pyrrole nitrogens is 2. The summed E-state index contributed by atoms with van der Waals surface area (Å²) in [5.74, 6) is -0.541. The molecule has 10 nitrogen and oxygen atoms in total. The summed E-state index contributed by atoms with van der Waals surface area (Å²) in [7, 11) is 0. The molecule has 0 spiro atoms. The first-order valence-electron chi connectivity index (χ1n) is 12.4. The van der Waals surface area contributed by atoms with Gasteiger partial charge in [-0.15, -0.1) is 0 Å². The first-order chi connectivity index (χ1) is 18.5. The Labute approximate surface area is 217 Å². The lowest BCUT2D eigenvalue weighted by molar-refractivity contribution is -0.150.